The second-order valence-corrected chi connectivity index (χ2v) is 17.9. The Morgan fingerprint density at radius 2 is 1.00 bits per heavy atom. The molecule has 288 valence electrons. The third-order valence-electron chi connectivity index (χ3n) is 13.1. The lowest BCUT2D eigenvalue weighted by Gasteiger charge is -2.31. The molecule has 0 N–H and O–H groups in total. The summed E-state index contributed by atoms with van der Waals surface area (Å²) in [6.45, 7) is 4.74. The topological polar surface area (TPSA) is 3.24 Å². The first kappa shape index (κ1) is 35.7. The second kappa shape index (κ2) is 13.9. The van der Waals surface area contributed by atoms with Crippen LogP contribution in [0.4, 0.5) is 17.1 Å². The van der Waals surface area contributed by atoms with Crippen molar-refractivity contribution < 1.29 is 0 Å². The summed E-state index contributed by atoms with van der Waals surface area (Å²) in [6.07, 6.45) is 0. The van der Waals surface area contributed by atoms with E-state index in [4.69, 9.17) is 0 Å². The van der Waals surface area contributed by atoms with Crippen LogP contribution in [0.1, 0.15) is 25.0 Å². The van der Waals surface area contributed by atoms with Gasteiger partial charge in [0.25, 0.3) is 0 Å². The van der Waals surface area contributed by atoms with Crippen molar-refractivity contribution in [1.82, 2.24) is 0 Å². The van der Waals surface area contributed by atoms with Gasteiger partial charge in [-0.15, -0.1) is 11.3 Å². The van der Waals surface area contributed by atoms with Crippen LogP contribution in [0.15, 0.2) is 212 Å². The van der Waals surface area contributed by atoms with Crippen LogP contribution in [-0.2, 0) is 5.41 Å². The molecule has 0 saturated heterocycles. The number of hydrogen-bond donors (Lipinski definition) is 0. The van der Waals surface area contributed by atoms with Crippen molar-refractivity contribution in [2.45, 2.75) is 19.3 Å². The second-order valence-electron chi connectivity index (χ2n) is 16.8. The van der Waals surface area contributed by atoms with Gasteiger partial charge in [0.1, 0.15) is 0 Å². The molecule has 0 bridgehead atoms. The van der Waals surface area contributed by atoms with Crippen molar-refractivity contribution in [3.8, 4) is 44.5 Å². The van der Waals surface area contributed by atoms with E-state index in [9.17, 15) is 0 Å². The van der Waals surface area contributed by atoms with Crippen molar-refractivity contribution in [3.05, 3.63) is 223 Å². The van der Waals surface area contributed by atoms with Crippen LogP contribution < -0.4 is 4.90 Å². The lowest BCUT2D eigenvalue weighted by Crippen LogP contribution is -2.17. The summed E-state index contributed by atoms with van der Waals surface area (Å²) in [4.78, 5) is 2.49. The van der Waals surface area contributed by atoms with Crippen molar-refractivity contribution in [2.24, 2.45) is 0 Å². The molecule has 0 fully saturated rings. The Hall–Kier alpha value is -7.26. The van der Waals surface area contributed by atoms with Crippen LogP contribution in [0.2, 0.25) is 0 Å². The average Bonchev–Trinajstić information content (AvgIpc) is 3.80. The van der Waals surface area contributed by atoms with Crippen LogP contribution in [0.25, 0.3) is 86.2 Å². The first-order chi connectivity index (χ1) is 30.0. The van der Waals surface area contributed by atoms with Gasteiger partial charge in [0.2, 0.25) is 0 Å². The van der Waals surface area contributed by atoms with Crippen LogP contribution in [0, 0.1) is 0 Å². The number of anilines is 3. The van der Waals surface area contributed by atoms with E-state index in [1.165, 1.54) is 97.4 Å². The number of benzene rings is 10. The molecule has 0 spiro atoms. The first-order valence-electron chi connectivity index (χ1n) is 21.2. The van der Waals surface area contributed by atoms with Gasteiger partial charge in [0, 0.05) is 42.5 Å². The van der Waals surface area contributed by atoms with E-state index in [-0.39, 0.29) is 5.41 Å². The molecule has 1 aliphatic carbocycles. The molecule has 0 atom stereocenters. The largest absolute Gasteiger partial charge is 0.310 e. The van der Waals surface area contributed by atoms with Crippen molar-refractivity contribution in [3.63, 3.8) is 0 Å². The number of thiophene rings is 1. The van der Waals surface area contributed by atoms with Gasteiger partial charge >= 0.3 is 0 Å². The molecular formula is C59H41NS. The molecule has 0 saturated carbocycles. The molecular weight excluding hydrogens is 755 g/mol. The van der Waals surface area contributed by atoms with Gasteiger partial charge in [-0.05, 0) is 126 Å². The minimum absolute atomic E-state index is 0.143. The highest BCUT2D eigenvalue weighted by molar-refractivity contribution is 7.25. The van der Waals surface area contributed by atoms with Crippen molar-refractivity contribution >= 4 is 70.1 Å². The van der Waals surface area contributed by atoms with E-state index < -0.39 is 0 Å². The van der Waals surface area contributed by atoms with Crippen molar-refractivity contribution in [2.75, 3.05) is 4.90 Å². The van der Waals surface area contributed by atoms with Gasteiger partial charge in [0.15, 0.2) is 0 Å². The van der Waals surface area contributed by atoms with E-state index in [1.54, 1.807) is 0 Å². The molecule has 0 aliphatic heterocycles. The molecule has 0 radical (unpaired) electrons. The Bertz CT molecular complexity index is 3500. The Balaban J connectivity index is 1.09. The van der Waals surface area contributed by atoms with Crippen LogP contribution in [0.5, 0.6) is 0 Å². The molecule has 10 aromatic carbocycles. The van der Waals surface area contributed by atoms with E-state index >= 15 is 0 Å². The van der Waals surface area contributed by atoms with Gasteiger partial charge < -0.3 is 4.90 Å². The summed E-state index contributed by atoms with van der Waals surface area (Å²) in [5.74, 6) is 0. The number of fused-ring (bicyclic) bond motifs is 9. The maximum Gasteiger partial charge on any atom is 0.0546 e. The number of nitrogens with zero attached hydrogens (tertiary/aromatic N) is 1. The fraction of sp³-hybridized carbons (Fsp3) is 0.0508. The maximum absolute atomic E-state index is 2.49. The van der Waals surface area contributed by atoms with Crippen LogP contribution in [0.3, 0.4) is 0 Å². The van der Waals surface area contributed by atoms with E-state index in [0.717, 1.165) is 17.1 Å². The zero-order valence-electron chi connectivity index (χ0n) is 34.1. The Morgan fingerprint density at radius 3 is 1.85 bits per heavy atom. The molecule has 12 rings (SSSR count). The molecule has 11 aromatic rings. The molecule has 61 heavy (non-hydrogen) atoms. The van der Waals surface area contributed by atoms with Gasteiger partial charge in [-0.2, -0.15) is 0 Å². The van der Waals surface area contributed by atoms with E-state index in [0.29, 0.717) is 0 Å². The third-order valence-corrected chi connectivity index (χ3v) is 14.2. The van der Waals surface area contributed by atoms with Gasteiger partial charge in [-0.1, -0.05) is 172 Å². The summed E-state index contributed by atoms with van der Waals surface area (Å²) in [6, 6.07) is 78.8. The third kappa shape index (κ3) is 5.67. The zero-order valence-corrected chi connectivity index (χ0v) is 34.9. The average molecular weight is 796 g/mol. The van der Waals surface area contributed by atoms with Crippen LogP contribution >= 0.6 is 11.3 Å². The summed E-state index contributed by atoms with van der Waals surface area (Å²) >= 11 is 1.86. The Morgan fingerprint density at radius 1 is 0.361 bits per heavy atom. The summed E-state index contributed by atoms with van der Waals surface area (Å²) in [7, 11) is 0. The normalized spacial score (nSPS) is 12.9. The lowest BCUT2D eigenvalue weighted by atomic mass is 9.82. The van der Waals surface area contributed by atoms with Gasteiger partial charge in [-0.25, -0.2) is 0 Å². The quantitative estimate of drug-likeness (QED) is 0.152. The Labute approximate surface area is 360 Å². The van der Waals surface area contributed by atoms with Gasteiger partial charge in [0.05, 0.1) is 5.69 Å². The highest BCUT2D eigenvalue weighted by Gasteiger charge is 2.36. The summed E-state index contributed by atoms with van der Waals surface area (Å²) in [5, 5.41) is 7.66. The molecule has 0 amide bonds. The SMILES string of the molecule is CC1(C)c2ccccc2-c2ccc(N(c3ccc(-c4ccc5sc6ccccc6c5c4)cc3)c3cccc(-c4cc5ccccc5c5ccccc45)c3-c3ccccc3)cc21. The molecule has 1 heterocycles. The minimum Gasteiger partial charge on any atom is -0.310 e. The van der Waals surface area contributed by atoms with E-state index in [2.05, 4.69) is 231 Å². The minimum atomic E-state index is -0.143. The van der Waals surface area contributed by atoms with E-state index in [1.807, 2.05) is 11.3 Å². The predicted molar refractivity (Wildman–Crippen MR) is 263 cm³/mol. The van der Waals surface area contributed by atoms with Crippen molar-refractivity contribution in [1.29, 1.82) is 0 Å². The predicted octanol–water partition coefficient (Wildman–Crippen LogP) is 17.1. The summed E-state index contributed by atoms with van der Waals surface area (Å²) < 4.78 is 2.65. The number of rotatable bonds is 6. The van der Waals surface area contributed by atoms with Gasteiger partial charge in [-0.3, -0.25) is 0 Å². The standard InChI is InChI=1S/C59H41NS/c1-59(2)53-24-12-10-21-47(53)48-33-32-43(37-54(48)59)60(42-30-27-38(28-31-42)40-29-34-57-52(35-40)49-22-11-13-26-56(49)61-57)55-25-14-23-50(58(55)39-15-4-3-5-16-39)51-36-41-17-6-7-18-44(41)45-19-8-9-20-46(45)51/h3-37H,1-2H3. The molecule has 1 nitrogen and oxygen atoms in total. The number of hydrogen-bond acceptors (Lipinski definition) is 2. The molecule has 1 aromatic heterocycles. The molecule has 2 heteroatoms. The monoisotopic (exact) mass is 795 g/mol. The highest BCUT2D eigenvalue weighted by atomic mass is 32.1. The summed E-state index contributed by atoms with van der Waals surface area (Å²) in [5.41, 5.74) is 15.8. The van der Waals surface area contributed by atoms with Crippen LogP contribution in [-0.4, -0.2) is 0 Å². The maximum atomic E-state index is 2.49. The zero-order chi connectivity index (χ0) is 40.7. The lowest BCUT2D eigenvalue weighted by molar-refractivity contribution is 0.660. The molecule has 1 aliphatic rings. The first-order valence-corrected chi connectivity index (χ1v) is 22.0. The fourth-order valence-electron chi connectivity index (χ4n) is 10.1. The molecule has 0 unspecified atom stereocenters. The fourth-order valence-corrected chi connectivity index (χ4v) is 11.2. The highest BCUT2D eigenvalue weighted by Crippen LogP contribution is 2.52. The Kier molecular flexibility index (Phi) is 8.13. The smallest absolute Gasteiger partial charge is 0.0546 e.